The summed E-state index contributed by atoms with van der Waals surface area (Å²) in [7, 11) is 0. The van der Waals surface area contributed by atoms with Gasteiger partial charge in [0, 0.05) is 11.6 Å². The zero-order valence-corrected chi connectivity index (χ0v) is 11.2. The molecule has 96 valence electrons. The van der Waals surface area contributed by atoms with Crippen LogP contribution in [0.2, 0.25) is 5.15 Å². The Morgan fingerprint density at radius 3 is 2.61 bits per heavy atom. The zero-order valence-electron chi connectivity index (χ0n) is 10.5. The van der Waals surface area contributed by atoms with Crippen LogP contribution in [0.15, 0.2) is 16.5 Å². The van der Waals surface area contributed by atoms with E-state index >= 15 is 0 Å². The molecule has 0 aliphatic heterocycles. The molecule has 0 bridgehead atoms. The molecule has 0 saturated carbocycles. The molecule has 2 aromatic rings. The van der Waals surface area contributed by atoms with E-state index in [1.165, 1.54) is 0 Å². The Balaban J connectivity index is 2.20. The van der Waals surface area contributed by atoms with Crippen LogP contribution in [-0.4, -0.2) is 9.97 Å². The van der Waals surface area contributed by atoms with Gasteiger partial charge in [-0.25, -0.2) is 4.98 Å². The van der Waals surface area contributed by atoms with Crippen LogP contribution >= 0.6 is 11.6 Å². The van der Waals surface area contributed by atoms with Crippen LogP contribution in [-0.2, 0) is 0 Å². The number of halogens is 1. The van der Waals surface area contributed by atoms with Gasteiger partial charge in [-0.05, 0) is 26.8 Å². The van der Waals surface area contributed by atoms with Gasteiger partial charge in [-0.1, -0.05) is 11.6 Å². The summed E-state index contributed by atoms with van der Waals surface area (Å²) in [5.41, 5.74) is 6.63. The van der Waals surface area contributed by atoms with Crippen molar-refractivity contribution in [1.82, 2.24) is 9.97 Å². The monoisotopic (exact) mass is 266 g/mol. The Bertz CT molecular complexity index is 547. The maximum atomic E-state index is 5.83. The van der Waals surface area contributed by atoms with Crippen LogP contribution in [0.4, 0.5) is 11.8 Å². The van der Waals surface area contributed by atoms with E-state index in [0.29, 0.717) is 11.0 Å². The highest BCUT2D eigenvalue weighted by molar-refractivity contribution is 6.29. The van der Waals surface area contributed by atoms with Crippen molar-refractivity contribution >= 4 is 23.4 Å². The van der Waals surface area contributed by atoms with Gasteiger partial charge in [-0.2, -0.15) is 4.98 Å². The first-order chi connectivity index (χ1) is 8.45. The number of aryl methyl sites for hydroxylation is 2. The molecular formula is C12H15ClN4O. The Morgan fingerprint density at radius 2 is 2.06 bits per heavy atom. The van der Waals surface area contributed by atoms with Gasteiger partial charge < -0.3 is 15.5 Å². The fourth-order valence-electron chi connectivity index (χ4n) is 1.89. The predicted octanol–water partition coefficient (Wildman–Crippen LogP) is 3.10. The molecule has 0 saturated heterocycles. The molecule has 0 fully saturated rings. The largest absolute Gasteiger partial charge is 0.466 e. The van der Waals surface area contributed by atoms with E-state index < -0.39 is 0 Å². The van der Waals surface area contributed by atoms with E-state index in [0.717, 1.165) is 17.1 Å². The molecule has 2 aromatic heterocycles. The first-order valence-electron chi connectivity index (χ1n) is 5.59. The van der Waals surface area contributed by atoms with E-state index in [2.05, 4.69) is 15.3 Å². The summed E-state index contributed by atoms with van der Waals surface area (Å²) < 4.78 is 5.50. The van der Waals surface area contributed by atoms with Gasteiger partial charge >= 0.3 is 0 Å². The molecule has 1 unspecified atom stereocenters. The van der Waals surface area contributed by atoms with E-state index in [-0.39, 0.29) is 12.0 Å². The number of rotatable bonds is 3. The van der Waals surface area contributed by atoms with E-state index in [1.807, 2.05) is 26.8 Å². The molecule has 1 atom stereocenters. The SMILES string of the molecule is Cc1cc(C(C)Nc2cc(Cl)nc(N)n2)c(C)o1. The second-order valence-electron chi connectivity index (χ2n) is 4.17. The minimum Gasteiger partial charge on any atom is -0.466 e. The fourth-order valence-corrected chi connectivity index (χ4v) is 2.08. The maximum Gasteiger partial charge on any atom is 0.223 e. The number of hydrogen-bond donors (Lipinski definition) is 2. The normalized spacial score (nSPS) is 12.4. The number of aromatic nitrogens is 2. The summed E-state index contributed by atoms with van der Waals surface area (Å²) in [6, 6.07) is 3.68. The smallest absolute Gasteiger partial charge is 0.223 e. The summed E-state index contributed by atoms with van der Waals surface area (Å²) in [4.78, 5) is 7.89. The van der Waals surface area contributed by atoms with Crippen LogP contribution in [0, 0.1) is 13.8 Å². The molecule has 0 radical (unpaired) electrons. The third kappa shape index (κ3) is 2.73. The zero-order chi connectivity index (χ0) is 13.3. The number of nitrogens with one attached hydrogen (secondary N) is 1. The lowest BCUT2D eigenvalue weighted by molar-refractivity contribution is 0.500. The average Bonchev–Trinajstić information content (AvgIpc) is 2.56. The van der Waals surface area contributed by atoms with Gasteiger partial charge in [0.15, 0.2) is 0 Å². The number of hydrogen-bond acceptors (Lipinski definition) is 5. The standard InChI is InChI=1S/C12H15ClN4O/c1-6-4-9(8(3)18-6)7(2)15-11-5-10(13)16-12(14)17-11/h4-5,7H,1-3H3,(H3,14,15,16,17). The van der Waals surface area contributed by atoms with Crippen LogP contribution in [0.5, 0.6) is 0 Å². The number of nitrogens with zero attached hydrogens (tertiary/aromatic N) is 2. The Kier molecular flexibility index (Phi) is 3.43. The minimum absolute atomic E-state index is 0.0489. The first kappa shape index (κ1) is 12.7. The van der Waals surface area contributed by atoms with Crippen LogP contribution in [0.3, 0.4) is 0 Å². The molecule has 6 heteroatoms. The number of nitrogens with two attached hydrogens (primary N) is 1. The lowest BCUT2D eigenvalue weighted by atomic mass is 10.1. The highest BCUT2D eigenvalue weighted by Crippen LogP contribution is 2.25. The lowest BCUT2D eigenvalue weighted by Gasteiger charge is -2.14. The molecule has 0 aliphatic carbocycles. The Labute approximate surface area is 110 Å². The predicted molar refractivity (Wildman–Crippen MR) is 71.7 cm³/mol. The topological polar surface area (TPSA) is 77.0 Å². The van der Waals surface area contributed by atoms with Crippen molar-refractivity contribution in [2.45, 2.75) is 26.8 Å². The summed E-state index contributed by atoms with van der Waals surface area (Å²) >= 11 is 5.83. The number of anilines is 2. The van der Waals surface area contributed by atoms with Gasteiger partial charge in [0.1, 0.15) is 22.5 Å². The van der Waals surface area contributed by atoms with Crippen molar-refractivity contribution in [3.8, 4) is 0 Å². The van der Waals surface area contributed by atoms with Crippen LogP contribution in [0.1, 0.15) is 30.0 Å². The molecule has 3 N–H and O–H groups in total. The van der Waals surface area contributed by atoms with Gasteiger partial charge in [0.25, 0.3) is 0 Å². The highest BCUT2D eigenvalue weighted by Gasteiger charge is 2.13. The molecule has 0 spiro atoms. The molecule has 2 heterocycles. The van der Waals surface area contributed by atoms with Crippen molar-refractivity contribution in [3.63, 3.8) is 0 Å². The molecule has 0 aromatic carbocycles. The van der Waals surface area contributed by atoms with E-state index in [9.17, 15) is 0 Å². The lowest BCUT2D eigenvalue weighted by Crippen LogP contribution is -2.09. The van der Waals surface area contributed by atoms with E-state index in [1.54, 1.807) is 6.07 Å². The molecule has 2 rings (SSSR count). The Hall–Kier alpha value is -1.75. The van der Waals surface area contributed by atoms with Gasteiger partial charge in [-0.3, -0.25) is 0 Å². The molecule has 5 nitrogen and oxygen atoms in total. The number of furan rings is 1. The third-order valence-corrected chi connectivity index (χ3v) is 2.82. The molecule has 18 heavy (non-hydrogen) atoms. The van der Waals surface area contributed by atoms with Crippen molar-refractivity contribution in [2.24, 2.45) is 0 Å². The summed E-state index contributed by atoms with van der Waals surface area (Å²) in [5, 5.41) is 3.54. The Morgan fingerprint density at radius 1 is 1.33 bits per heavy atom. The molecule has 0 amide bonds. The van der Waals surface area contributed by atoms with Crippen molar-refractivity contribution in [3.05, 3.63) is 34.4 Å². The second kappa shape index (κ2) is 4.86. The minimum atomic E-state index is 0.0489. The fraction of sp³-hybridized carbons (Fsp3) is 0.333. The quantitative estimate of drug-likeness (QED) is 0.835. The number of nitrogen functional groups attached to an aromatic ring is 1. The summed E-state index contributed by atoms with van der Waals surface area (Å²) in [6.07, 6.45) is 0. The van der Waals surface area contributed by atoms with Gasteiger partial charge in [-0.15, -0.1) is 0 Å². The van der Waals surface area contributed by atoms with Gasteiger partial charge in [0.2, 0.25) is 5.95 Å². The van der Waals surface area contributed by atoms with Crippen molar-refractivity contribution < 1.29 is 4.42 Å². The molecular weight excluding hydrogens is 252 g/mol. The van der Waals surface area contributed by atoms with Crippen LogP contribution in [0.25, 0.3) is 0 Å². The van der Waals surface area contributed by atoms with Crippen molar-refractivity contribution in [1.29, 1.82) is 0 Å². The summed E-state index contributed by atoms with van der Waals surface area (Å²) in [5.74, 6) is 2.52. The van der Waals surface area contributed by atoms with E-state index in [4.69, 9.17) is 21.8 Å². The first-order valence-corrected chi connectivity index (χ1v) is 5.97. The molecule has 0 aliphatic rings. The third-order valence-electron chi connectivity index (χ3n) is 2.62. The average molecular weight is 267 g/mol. The van der Waals surface area contributed by atoms with Crippen LogP contribution < -0.4 is 11.1 Å². The highest BCUT2D eigenvalue weighted by atomic mass is 35.5. The summed E-state index contributed by atoms with van der Waals surface area (Å²) in [6.45, 7) is 5.87. The van der Waals surface area contributed by atoms with Gasteiger partial charge in [0.05, 0.1) is 6.04 Å². The maximum absolute atomic E-state index is 5.83. The second-order valence-corrected chi connectivity index (χ2v) is 4.56. The van der Waals surface area contributed by atoms with Crippen molar-refractivity contribution in [2.75, 3.05) is 11.1 Å².